The summed E-state index contributed by atoms with van der Waals surface area (Å²) >= 11 is 0. The van der Waals surface area contributed by atoms with Crippen molar-refractivity contribution in [2.75, 3.05) is 6.54 Å². The van der Waals surface area contributed by atoms with Gasteiger partial charge < -0.3 is 15.7 Å². The molecule has 1 saturated carbocycles. The van der Waals surface area contributed by atoms with E-state index in [4.69, 9.17) is 5.11 Å². The van der Waals surface area contributed by atoms with Crippen LogP contribution in [0.1, 0.15) is 29.4 Å². The molecule has 1 aromatic heterocycles. The van der Waals surface area contributed by atoms with Crippen LogP contribution in [-0.4, -0.2) is 28.6 Å². The third-order valence-corrected chi connectivity index (χ3v) is 3.30. The van der Waals surface area contributed by atoms with Crippen molar-refractivity contribution in [3.05, 3.63) is 29.6 Å². The van der Waals surface area contributed by atoms with E-state index in [1.807, 2.05) is 0 Å². The maximum Gasteiger partial charge on any atom is 0.354 e. The Morgan fingerprint density at radius 3 is 2.68 bits per heavy atom. The van der Waals surface area contributed by atoms with E-state index in [-0.39, 0.29) is 11.7 Å². The van der Waals surface area contributed by atoms with Crippen LogP contribution in [0.25, 0.3) is 0 Å². The summed E-state index contributed by atoms with van der Waals surface area (Å²) in [4.78, 5) is 25.9. The van der Waals surface area contributed by atoms with E-state index in [9.17, 15) is 9.59 Å². The second kappa shape index (κ2) is 5.69. The molecule has 6 nitrogen and oxygen atoms in total. The Balaban J connectivity index is 1.72. The lowest BCUT2D eigenvalue weighted by atomic mass is 10.2. The number of hydrogen-bond acceptors (Lipinski definition) is 3. The predicted octanol–water partition coefficient (Wildman–Crippen LogP) is 1.23. The molecule has 1 fully saturated rings. The van der Waals surface area contributed by atoms with Gasteiger partial charge in [0.2, 0.25) is 0 Å². The highest BCUT2D eigenvalue weighted by atomic mass is 16.4. The zero-order chi connectivity index (χ0) is 13.8. The molecule has 1 heterocycles. The van der Waals surface area contributed by atoms with E-state index in [1.54, 1.807) is 6.07 Å². The quantitative estimate of drug-likeness (QED) is 0.745. The van der Waals surface area contributed by atoms with Crippen molar-refractivity contribution in [2.24, 2.45) is 11.8 Å². The van der Waals surface area contributed by atoms with Gasteiger partial charge in [-0.2, -0.15) is 0 Å². The van der Waals surface area contributed by atoms with Gasteiger partial charge in [0.05, 0.1) is 0 Å². The normalized spacial score (nSPS) is 20.7. The minimum atomic E-state index is -1.06. The molecule has 1 aromatic rings. The Kier molecular flexibility index (Phi) is 3.99. The number of pyridine rings is 1. The summed E-state index contributed by atoms with van der Waals surface area (Å²) in [5.74, 6) is 0.270. The van der Waals surface area contributed by atoms with Crippen molar-refractivity contribution in [2.45, 2.75) is 19.9 Å². The van der Waals surface area contributed by atoms with Gasteiger partial charge in [0.15, 0.2) is 0 Å². The molecule has 6 heteroatoms. The fraction of sp³-hybridized carbons (Fsp3) is 0.462. The first kappa shape index (κ1) is 13.3. The summed E-state index contributed by atoms with van der Waals surface area (Å²) in [6, 6.07) is 2.85. The molecule has 1 aliphatic carbocycles. The van der Waals surface area contributed by atoms with Crippen molar-refractivity contribution < 1.29 is 14.7 Å². The molecule has 0 bridgehead atoms. The Morgan fingerprint density at radius 1 is 1.42 bits per heavy atom. The lowest BCUT2D eigenvalue weighted by Gasteiger charge is -2.07. The lowest BCUT2D eigenvalue weighted by molar-refractivity contribution is 0.0690. The number of nitrogens with zero attached hydrogens (tertiary/aromatic N) is 1. The molecule has 0 saturated heterocycles. The molecule has 102 valence electrons. The molecule has 2 atom stereocenters. The monoisotopic (exact) mass is 263 g/mol. The van der Waals surface area contributed by atoms with Crippen molar-refractivity contribution in [1.29, 1.82) is 0 Å². The van der Waals surface area contributed by atoms with Crippen LogP contribution in [0.3, 0.4) is 0 Å². The average Bonchev–Trinajstić information content (AvgIpc) is 3.10. The molecule has 19 heavy (non-hydrogen) atoms. The Bertz CT molecular complexity index is 473. The Labute approximate surface area is 111 Å². The number of carboxylic acid groups (broad SMARTS) is 1. The summed E-state index contributed by atoms with van der Waals surface area (Å²) < 4.78 is 0. The number of aromatic nitrogens is 1. The first-order valence-electron chi connectivity index (χ1n) is 6.26. The summed E-state index contributed by atoms with van der Waals surface area (Å²) in [6.07, 6.45) is 2.63. The topological polar surface area (TPSA) is 91.3 Å². The highest BCUT2D eigenvalue weighted by Gasteiger charge is 2.32. The van der Waals surface area contributed by atoms with Crippen LogP contribution in [0.5, 0.6) is 0 Å². The number of urea groups is 1. The smallest absolute Gasteiger partial charge is 0.354 e. The number of nitrogens with one attached hydrogen (secondary N) is 2. The molecule has 1 aliphatic rings. The summed E-state index contributed by atoms with van der Waals surface area (Å²) in [5.41, 5.74) is 0.760. The highest BCUT2D eigenvalue weighted by molar-refractivity contribution is 5.85. The molecular weight excluding hydrogens is 246 g/mol. The predicted molar refractivity (Wildman–Crippen MR) is 68.7 cm³/mol. The van der Waals surface area contributed by atoms with Crippen molar-refractivity contribution in [3.8, 4) is 0 Å². The van der Waals surface area contributed by atoms with Gasteiger partial charge in [-0.25, -0.2) is 14.6 Å². The maximum absolute atomic E-state index is 11.5. The fourth-order valence-corrected chi connectivity index (χ4v) is 1.81. The van der Waals surface area contributed by atoms with Gasteiger partial charge in [0.1, 0.15) is 5.69 Å². The maximum atomic E-state index is 11.5. The van der Waals surface area contributed by atoms with Gasteiger partial charge in [-0.15, -0.1) is 0 Å². The molecular formula is C13H17N3O3. The van der Waals surface area contributed by atoms with E-state index >= 15 is 0 Å². The zero-order valence-corrected chi connectivity index (χ0v) is 10.7. The zero-order valence-electron chi connectivity index (χ0n) is 10.7. The van der Waals surface area contributed by atoms with E-state index in [0.29, 0.717) is 24.9 Å². The van der Waals surface area contributed by atoms with Crippen LogP contribution >= 0.6 is 0 Å². The van der Waals surface area contributed by atoms with Crippen LogP contribution in [0.4, 0.5) is 4.79 Å². The van der Waals surface area contributed by atoms with Crippen LogP contribution in [-0.2, 0) is 6.54 Å². The van der Waals surface area contributed by atoms with Gasteiger partial charge in [0, 0.05) is 19.3 Å². The lowest BCUT2D eigenvalue weighted by Crippen LogP contribution is -2.36. The number of amides is 2. The van der Waals surface area contributed by atoms with Crippen LogP contribution in [0.2, 0.25) is 0 Å². The van der Waals surface area contributed by atoms with Crippen LogP contribution in [0, 0.1) is 11.8 Å². The highest BCUT2D eigenvalue weighted by Crippen LogP contribution is 2.36. The standard InChI is InChI=1S/C13H17N3O3/c1-8-4-10(8)7-16-13(19)15-6-9-2-3-11(12(17)18)14-5-9/h2-3,5,8,10H,4,6-7H2,1H3,(H,17,18)(H2,15,16,19). The molecule has 0 aromatic carbocycles. The minimum absolute atomic E-state index is 0.00378. The Morgan fingerprint density at radius 2 is 2.16 bits per heavy atom. The fourth-order valence-electron chi connectivity index (χ4n) is 1.81. The van der Waals surface area contributed by atoms with Crippen molar-refractivity contribution >= 4 is 12.0 Å². The van der Waals surface area contributed by atoms with Crippen molar-refractivity contribution in [3.63, 3.8) is 0 Å². The van der Waals surface area contributed by atoms with Gasteiger partial charge in [-0.05, 0) is 29.9 Å². The largest absolute Gasteiger partial charge is 0.477 e. The third kappa shape index (κ3) is 3.94. The molecule has 0 spiro atoms. The van der Waals surface area contributed by atoms with E-state index in [2.05, 4.69) is 22.5 Å². The Hall–Kier alpha value is -2.11. The third-order valence-electron chi connectivity index (χ3n) is 3.30. The van der Waals surface area contributed by atoms with Crippen LogP contribution in [0.15, 0.2) is 18.3 Å². The summed E-state index contributed by atoms with van der Waals surface area (Å²) in [7, 11) is 0. The molecule has 0 radical (unpaired) electrons. The van der Waals surface area contributed by atoms with E-state index in [0.717, 1.165) is 5.56 Å². The van der Waals surface area contributed by atoms with E-state index < -0.39 is 5.97 Å². The minimum Gasteiger partial charge on any atom is -0.477 e. The van der Waals surface area contributed by atoms with Gasteiger partial charge >= 0.3 is 12.0 Å². The number of aromatic carboxylic acids is 1. The van der Waals surface area contributed by atoms with Crippen molar-refractivity contribution in [1.82, 2.24) is 15.6 Å². The molecule has 2 unspecified atom stereocenters. The molecule has 2 rings (SSSR count). The first-order valence-corrected chi connectivity index (χ1v) is 6.26. The number of carbonyl (C=O) groups excluding carboxylic acids is 1. The van der Waals surface area contributed by atoms with Gasteiger partial charge in [-0.1, -0.05) is 13.0 Å². The van der Waals surface area contributed by atoms with Crippen LogP contribution < -0.4 is 10.6 Å². The SMILES string of the molecule is CC1CC1CNC(=O)NCc1ccc(C(=O)O)nc1. The first-order chi connectivity index (χ1) is 9.06. The second-order valence-electron chi connectivity index (χ2n) is 4.89. The number of carbonyl (C=O) groups is 2. The average molecular weight is 263 g/mol. The number of hydrogen-bond donors (Lipinski definition) is 3. The molecule has 3 N–H and O–H groups in total. The summed E-state index contributed by atoms with van der Waals surface area (Å²) in [6.45, 7) is 3.21. The second-order valence-corrected chi connectivity index (χ2v) is 4.89. The molecule has 0 aliphatic heterocycles. The van der Waals surface area contributed by atoms with E-state index in [1.165, 1.54) is 18.7 Å². The number of carboxylic acids is 1. The number of rotatable bonds is 5. The van der Waals surface area contributed by atoms with Gasteiger partial charge in [0.25, 0.3) is 0 Å². The summed E-state index contributed by atoms with van der Waals surface area (Å²) in [5, 5.41) is 14.2. The molecule has 2 amide bonds. The van der Waals surface area contributed by atoms with Gasteiger partial charge in [-0.3, -0.25) is 0 Å².